The molecule has 1 N–H and O–H groups in total. The van der Waals surface area contributed by atoms with Gasteiger partial charge in [0.25, 0.3) is 0 Å². The molecule has 0 spiro atoms. The molecule has 0 heterocycles. The van der Waals surface area contributed by atoms with E-state index >= 15 is 0 Å². The number of hydrogen-bond acceptors (Lipinski definition) is 4. The van der Waals surface area contributed by atoms with Gasteiger partial charge in [-0.15, -0.1) is 0 Å². The summed E-state index contributed by atoms with van der Waals surface area (Å²) in [7, 11) is 1.63. The zero-order valence-corrected chi connectivity index (χ0v) is 12.5. The van der Waals surface area contributed by atoms with Crippen LogP contribution in [0.25, 0.3) is 0 Å². The van der Waals surface area contributed by atoms with Crippen molar-refractivity contribution in [3.8, 4) is 5.75 Å². The van der Waals surface area contributed by atoms with Crippen molar-refractivity contribution in [2.45, 2.75) is 51.7 Å². The Labute approximate surface area is 120 Å². The van der Waals surface area contributed by atoms with Crippen LogP contribution in [0.2, 0.25) is 0 Å². The van der Waals surface area contributed by atoms with Gasteiger partial charge in [0, 0.05) is 17.9 Å². The average Bonchev–Trinajstić information content (AvgIpc) is 2.45. The van der Waals surface area contributed by atoms with Gasteiger partial charge < -0.3 is 10.1 Å². The number of nitro groups is 1. The summed E-state index contributed by atoms with van der Waals surface area (Å²) >= 11 is 0. The predicted octanol–water partition coefficient (Wildman–Crippen LogP) is 3.01. The molecule has 2 unspecified atom stereocenters. The molecular weight excluding hydrogens is 256 g/mol. The summed E-state index contributed by atoms with van der Waals surface area (Å²) in [5.41, 5.74) is 1.10. The molecule has 1 aromatic rings. The minimum atomic E-state index is -0.520. The van der Waals surface area contributed by atoms with Crippen LogP contribution < -0.4 is 10.1 Å². The molecule has 0 saturated heterocycles. The van der Waals surface area contributed by atoms with E-state index in [0.717, 1.165) is 24.2 Å². The van der Waals surface area contributed by atoms with E-state index in [1.54, 1.807) is 7.11 Å². The van der Waals surface area contributed by atoms with Gasteiger partial charge in [0.15, 0.2) is 0 Å². The highest BCUT2D eigenvalue weighted by Gasteiger charge is 2.28. The van der Waals surface area contributed by atoms with Crippen molar-refractivity contribution >= 4 is 0 Å². The highest BCUT2D eigenvalue weighted by molar-refractivity contribution is 5.27. The molecule has 2 atom stereocenters. The molecule has 0 radical (unpaired) electrons. The first-order valence-electron chi connectivity index (χ1n) is 7.12. The van der Waals surface area contributed by atoms with Crippen molar-refractivity contribution in [3.63, 3.8) is 0 Å². The summed E-state index contributed by atoms with van der Waals surface area (Å²) in [6.45, 7) is 4.55. The van der Waals surface area contributed by atoms with E-state index in [4.69, 9.17) is 4.74 Å². The Balaban J connectivity index is 2.63. The minimum Gasteiger partial charge on any atom is -0.497 e. The number of hydrogen-bond donors (Lipinski definition) is 1. The summed E-state index contributed by atoms with van der Waals surface area (Å²) < 4.78 is 5.11. The van der Waals surface area contributed by atoms with Crippen LogP contribution >= 0.6 is 0 Å². The van der Waals surface area contributed by atoms with Gasteiger partial charge in [0.1, 0.15) is 5.75 Å². The van der Waals surface area contributed by atoms with Gasteiger partial charge in [-0.3, -0.25) is 10.1 Å². The number of rotatable bonds is 9. The van der Waals surface area contributed by atoms with Crippen molar-refractivity contribution in [3.05, 3.63) is 39.9 Å². The van der Waals surface area contributed by atoms with Crippen molar-refractivity contribution in [1.29, 1.82) is 0 Å². The first-order valence-corrected chi connectivity index (χ1v) is 7.12. The van der Waals surface area contributed by atoms with Crippen molar-refractivity contribution < 1.29 is 9.66 Å². The largest absolute Gasteiger partial charge is 0.497 e. The number of nitrogens with zero attached hydrogens (tertiary/aromatic N) is 1. The van der Waals surface area contributed by atoms with Gasteiger partial charge in [-0.05, 0) is 24.1 Å². The molecule has 0 aromatic heterocycles. The highest BCUT2D eigenvalue weighted by Crippen LogP contribution is 2.13. The van der Waals surface area contributed by atoms with Crippen LogP contribution in [0.4, 0.5) is 0 Å². The van der Waals surface area contributed by atoms with Gasteiger partial charge in [-0.25, -0.2) is 0 Å². The first-order chi connectivity index (χ1) is 9.62. The van der Waals surface area contributed by atoms with Gasteiger partial charge >= 0.3 is 0 Å². The SMILES string of the molecule is CCCC(NCc1ccc(OC)cc1)C(CC)[N+](=O)[O-]. The third-order valence-electron chi connectivity index (χ3n) is 3.48. The lowest BCUT2D eigenvalue weighted by atomic mass is 10.0. The maximum Gasteiger partial charge on any atom is 0.227 e. The van der Waals surface area contributed by atoms with Crippen molar-refractivity contribution in [2.24, 2.45) is 0 Å². The lowest BCUT2D eigenvalue weighted by Gasteiger charge is -2.21. The molecule has 1 rings (SSSR count). The van der Waals surface area contributed by atoms with Gasteiger partial charge in [0.05, 0.1) is 13.2 Å². The van der Waals surface area contributed by atoms with Crippen LogP contribution in [-0.4, -0.2) is 24.1 Å². The standard InChI is InChI=1S/C15H24N2O3/c1-4-6-14(15(5-2)17(18)19)16-11-12-7-9-13(20-3)10-8-12/h7-10,14-16H,4-6,11H2,1-3H3. The van der Waals surface area contributed by atoms with E-state index in [0.29, 0.717) is 13.0 Å². The summed E-state index contributed by atoms with van der Waals surface area (Å²) in [5.74, 6) is 0.815. The molecule has 0 fully saturated rings. The second-order valence-electron chi connectivity index (χ2n) is 4.89. The monoisotopic (exact) mass is 280 g/mol. The number of nitrogens with one attached hydrogen (secondary N) is 1. The summed E-state index contributed by atoms with van der Waals surface area (Å²) in [4.78, 5) is 10.9. The van der Waals surface area contributed by atoms with E-state index in [1.165, 1.54) is 0 Å². The van der Waals surface area contributed by atoms with Crippen LogP contribution in [0.15, 0.2) is 24.3 Å². The van der Waals surface area contributed by atoms with Crippen LogP contribution in [0.3, 0.4) is 0 Å². The Morgan fingerprint density at radius 2 is 1.95 bits per heavy atom. The molecule has 0 aliphatic rings. The smallest absolute Gasteiger partial charge is 0.227 e. The van der Waals surface area contributed by atoms with Crippen molar-refractivity contribution in [1.82, 2.24) is 5.32 Å². The van der Waals surface area contributed by atoms with E-state index in [-0.39, 0.29) is 11.0 Å². The fourth-order valence-corrected chi connectivity index (χ4v) is 2.31. The van der Waals surface area contributed by atoms with Crippen molar-refractivity contribution in [2.75, 3.05) is 7.11 Å². The van der Waals surface area contributed by atoms with Crippen LogP contribution in [-0.2, 0) is 6.54 Å². The van der Waals surface area contributed by atoms with Gasteiger partial charge in [-0.1, -0.05) is 32.4 Å². The summed E-state index contributed by atoms with van der Waals surface area (Å²) in [6.07, 6.45) is 2.30. The Hall–Kier alpha value is -1.62. The fraction of sp³-hybridized carbons (Fsp3) is 0.600. The molecule has 112 valence electrons. The Morgan fingerprint density at radius 3 is 2.40 bits per heavy atom. The van der Waals surface area contributed by atoms with E-state index < -0.39 is 6.04 Å². The fourth-order valence-electron chi connectivity index (χ4n) is 2.31. The number of ether oxygens (including phenoxy) is 1. The van der Waals surface area contributed by atoms with Crippen LogP contribution in [0.1, 0.15) is 38.7 Å². The third kappa shape index (κ3) is 4.81. The molecule has 0 amide bonds. The average molecular weight is 280 g/mol. The third-order valence-corrected chi connectivity index (χ3v) is 3.48. The minimum absolute atomic E-state index is 0.0814. The van der Waals surface area contributed by atoms with E-state index in [2.05, 4.69) is 12.2 Å². The lowest BCUT2D eigenvalue weighted by molar-refractivity contribution is -0.527. The molecule has 0 aliphatic carbocycles. The Kier molecular flexibility index (Phi) is 7.01. The molecular formula is C15H24N2O3. The quantitative estimate of drug-likeness (QED) is 0.558. The molecule has 0 saturated carbocycles. The van der Waals surface area contributed by atoms with Gasteiger partial charge in [0.2, 0.25) is 6.04 Å². The molecule has 0 aliphatic heterocycles. The van der Waals surface area contributed by atoms with E-state index in [9.17, 15) is 10.1 Å². The number of methoxy groups -OCH3 is 1. The second-order valence-corrected chi connectivity index (χ2v) is 4.89. The van der Waals surface area contributed by atoms with Crippen LogP contribution in [0, 0.1) is 10.1 Å². The molecule has 1 aromatic carbocycles. The van der Waals surface area contributed by atoms with Gasteiger partial charge in [-0.2, -0.15) is 0 Å². The Bertz CT molecular complexity index is 406. The first kappa shape index (κ1) is 16.4. The second kappa shape index (κ2) is 8.53. The maximum atomic E-state index is 11.1. The lowest BCUT2D eigenvalue weighted by Crippen LogP contribution is -2.43. The molecule has 20 heavy (non-hydrogen) atoms. The molecule has 0 bridgehead atoms. The summed E-state index contributed by atoms with van der Waals surface area (Å²) in [6, 6.07) is 7.15. The Morgan fingerprint density at radius 1 is 1.30 bits per heavy atom. The molecule has 5 heteroatoms. The molecule has 5 nitrogen and oxygen atoms in total. The van der Waals surface area contributed by atoms with E-state index in [1.807, 2.05) is 31.2 Å². The zero-order chi connectivity index (χ0) is 15.0. The number of benzene rings is 1. The highest BCUT2D eigenvalue weighted by atomic mass is 16.6. The van der Waals surface area contributed by atoms with Crippen LogP contribution in [0.5, 0.6) is 5.75 Å². The predicted molar refractivity (Wildman–Crippen MR) is 79.6 cm³/mol. The maximum absolute atomic E-state index is 11.1. The normalized spacial score (nSPS) is 13.8. The zero-order valence-electron chi connectivity index (χ0n) is 12.5. The summed E-state index contributed by atoms with van der Waals surface area (Å²) in [5, 5.41) is 14.4. The topological polar surface area (TPSA) is 64.4 Å².